The van der Waals surface area contributed by atoms with Crippen LogP contribution >= 0.6 is 0 Å². The van der Waals surface area contributed by atoms with Crippen molar-refractivity contribution < 1.29 is 23.0 Å². The van der Waals surface area contributed by atoms with Gasteiger partial charge in [-0.05, 0) is 36.1 Å². The number of alkyl halides is 2. The Morgan fingerprint density at radius 2 is 1.82 bits per heavy atom. The van der Waals surface area contributed by atoms with Crippen molar-refractivity contribution >= 4 is 11.7 Å². The second kappa shape index (κ2) is 7.38. The van der Waals surface area contributed by atoms with E-state index >= 15 is 0 Å². The maximum Gasteiger partial charge on any atom is 0.586 e. The first kappa shape index (κ1) is 18.7. The molecule has 2 atom stereocenters. The number of halogens is 2. The summed E-state index contributed by atoms with van der Waals surface area (Å²) in [5.41, 5.74) is 0.711. The number of hydrogen-bond donors (Lipinski definition) is 1. The molecule has 1 aromatic heterocycles. The van der Waals surface area contributed by atoms with Crippen molar-refractivity contribution in [2.75, 3.05) is 38.0 Å². The molecule has 4 rings (SSSR count). The third-order valence-electron chi connectivity index (χ3n) is 5.22. The van der Waals surface area contributed by atoms with E-state index in [1.165, 1.54) is 0 Å². The zero-order chi connectivity index (χ0) is 19.7. The largest absolute Gasteiger partial charge is 0.586 e. The number of pyridine rings is 1. The number of anilines is 1. The van der Waals surface area contributed by atoms with Crippen LogP contribution in [0.5, 0.6) is 0 Å². The molecule has 28 heavy (non-hydrogen) atoms. The summed E-state index contributed by atoms with van der Waals surface area (Å²) in [4.78, 5) is 20.3. The van der Waals surface area contributed by atoms with Crippen LogP contribution in [0.2, 0.25) is 0 Å². The Balaban J connectivity index is 1.29. The molecular weight excluding hydrogens is 370 g/mol. The maximum absolute atomic E-state index is 13.3. The van der Waals surface area contributed by atoms with Gasteiger partial charge in [0, 0.05) is 50.8 Å². The molecule has 1 aliphatic carbocycles. The first-order valence-electron chi connectivity index (χ1n) is 9.28. The van der Waals surface area contributed by atoms with Gasteiger partial charge in [0.05, 0.1) is 0 Å². The first-order valence-corrected chi connectivity index (χ1v) is 9.28. The fourth-order valence-electron chi connectivity index (χ4n) is 3.61. The zero-order valence-electron chi connectivity index (χ0n) is 15.5. The fourth-order valence-corrected chi connectivity index (χ4v) is 3.61. The molecule has 2 fully saturated rings. The lowest BCUT2D eigenvalue weighted by Crippen LogP contribution is -2.51. The summed E-state index contributed by atoms with van der Waals surface area (Å²) in [5, 5.41) is 2.86. The van der Waals surface area contributed by atoms with Crippen molar-refractivity contribution in [2.45, 2.75) is 13.2 Å². The highest BCUT2D eigenvalue weighted by Gasteiger charge is 2.47. The van der Waals surface area contributed by atoms with Crippen molar-refractivity contribution in [3.8, 4) is 0 Å². The van der Waals surface area contributed by atoms with Crippen LogP contribution in [0.15, 0.2) is 48.2 Å². The standard InChI is InChI=1S/C19H22F2N4O3/c1-13-10-16-17(28-19(20,21)27-16)11-14(13)12-24-6-8-25(9-7-24)18(26)23-15-2-4-22-5-3-15/h2-5,10-11,13-14H,6-9,12H2,1H3,(H,22,23,26). The van der Waals surface area contributed by atoms with Gasteiger partial charge in [-0.2, -0.15) is 0 Å². The van der Waals surface area contributed by atoms with Crippen LogP contribution in [0, 0.1) is 11.8 Å². The van der Waals surface area contributed by atoms with Gasteiger partial charge in [0.2, 0.25) is 0 Å². The van der Waals surface area contributed by atoms with Gasteiger partial charge in [0.1, 0.15) is 0 Å². The van der Waals surface area contributed by atoms with Crippen molar-refractivity contribution in [1.82, 2.24) is 14.8 Å². The predicted octanol–water partition coefficient (Wildman–Crippen LogP) is 2.86. The number of carbonyl (C=O) groups is 1. The summed E-state index contributed by atoms with van der Waals surface area (Å²) in [7, 11) is 0. The van der Waals surface area contributed by atoms with E-state index in [1.807, 2.05) is 6.92 Å². The number of fused-ring (bicyclic) bond motifs is 1. The predicted molar refractivity (Wildman–Crippen MR) is 97.2 cm³/mol. The number of hydrogen-bond acceptors (Lipinski definition) is 5. The highest BCUT2D eigenvalue weighted by atomic mass is 19.3. The summed E-state index contributed by atoms with van der Waals surface area (Å²) >= 11 is 0. The molecule has 7 nitrogen and oxygen atoms in total. The normalized spacial score (nSPS) is 26.5. The molecule has 0 bridgehead atoms. The number of allylic oxidation sites excluding steroid dienone is 1. The Bertz CT molecular complexity index is 792. The summed E-state index contributed by atoms with van der Waals surface area (Å²) < 4.78 is 35.6. The lowest BCUT2D eigenvalue weighted by molar-refractivity contribution is -0.326. The summed E-state index contributed by atoms with van der Waals surface area (Å²) in [6.07, 6.45) is 3.09. The summed E-state index contributed by atoms with van der Waals surface area (Å²) in [6.45, 7) is 5.34. The van der Waals surface area contributed by atoms with Crippen LogP contribution in [0.25, 0.3) is 0 Å². The first-order chi connectivity index (χ1) is 13.4. The van der Waals surface area contributed by atoms with E-state index in [1.54, 1.807) is 41.6 Å². The molecule has 2 aliphatic heterocycles. The summed E-state index contributed by atoms with van der Waals surface area (Å²) in [6, 6.07) is 3.35. The van der Waals surface area contributed by atoms with Gasteiger partial charge in [-0.15, -0.1) is 8.78 Å². The molecule has 9 heteroatoms. The monoisotopic (exact) mass is 392 g/mol. The molecule has 1 aromatic rings. The Hall–Kier alpha value is -2.68. The minimum Gasteiger partial charge on any atom is -0.396 e. The van der Waals surface area contributed by atoms with Gasteiger partial charge < -0.3 is 19.7 Å². The van der Waals surface area contributed by atoms with E-state index in [0.29, 0.717) is 25.3 Å². The molecule has 0 aromatic carbocycles. The van der Waals surface area contributed by atoms with E-state index in [9.17, 15) is 13.6 Å². The number of urea groups is 1. The second-order valence-electron chi connectivity index (χ2n) is 7.21. The fraction of sp³-hybridized carbons (Fsp3) is 0.474. The molecule has 0 saturated carbocycles. The third-order valence-corrected chi connectivity index (χ3v) is 5.22. The van der Waals surface area contributed by atoms with Crippen molar-refractivity contribution in [1.29, 1.82) is 0 Å². The Labute approximate surface area is 161 Å². The van der Waals surface area contributed by atoms with Gasteiger partial charge in [-0.3, -0.25) is 9.88 Å². The number of nitrogens with one attached hydrogen (secondary N) is 1. The lowest BCUT2D eigenvalue weighted by atomic mass is 9.88. The van der Waals surface area contributed by atoms with Crippen LogP contribution in [-0.4, -0.2) is 59.8 Å². The van der Waals surface area contributed by atoms with E-state index < -0.39 is 6.29 Å². The van der Waals surface area contributed by atoms with Crippen molar-refractivity contribution in [3.05, 3.63) is 48.2 Å². The molecule has 150 valence electrons. The van der Waals surface area contributed by atoms with Gasteiger partial charge in [0.25, 0.3) is 0 Å². The Morgan fingerprint density at radius 3 is 2.50 bits per heavy atom. The number of ether oxygens (including phenoxy) is 2. The number of amides is 2. The topological polar surface area (TPSA) is 66.9 Å². The van der Waals surface area contributed by atoms with E-state index in [-0.39, 0.29) is 29.4 Å². The van der Waals surface area contributed by atoms with Crippen LogP contribution in [0.1, 0.15) is 6.92 Å². The second-order valence-corrected chi connectivity index (χ2v) is 7.21. The quantitative estimate of drug-likeness (QED) is 0.857. The molecule has 0 spiro atoms. The summed E-state index contributed by atoms with van der Waals surface area (Å²) in [5.74, 6) is 0.340. The molecule has 2 saturated heterocycles. The maximum atomic E-state index is 13.3. The smallest absolute Gasteiger partial charge is 0.396 e. The van der Waals surface area contributed by atoms with Gasteiger partial charge >= 0.3 is 12.3 Å². The molecular formula is C19H22F2N4O3. The van der Waals surface area contributed by atoms with E-state index in [2.05, 4.69) is 24.7 Å². The number of nitrogens with zero attached hydrogens (tertiary/aromatic N) is 3. The van der Waals surface area contributed by atoms with Crippen LogP contribution in [0.4, 0.5) is 19.3 Å². The van der Waals surface area contributed by atoms with E-state index in [0.717, 1.165) is 13.1 Å². The van der Waals surface area contributed by atoms with Crippen molar-refractivity contribution in [3.63, 3.8) is 0 Å². The highest BCUT2D eigenvalue weighted by molar-refractivity contribution is 5.89. The number of rotatable bonds is 3. The minimum absolute atomic E-state index is 0.0495. The molecule has 0 radical (unpaired) electrons. The molecule has 2 unspecified atom stereocenters. The Morgan fingerprint density at radius 1 is 1.18 bits per heavy atom. The number of carbonyl (C=O) groups excluding carboxylic acids is 1. The van der Waals surface area contributed by atoms with Crippen molar-refractivity contribution in [2.24, 2.45) is 11.8 Å². The van der Waals surface area contributed by atoms with Crippen LogP contribution < -0.4 is 5.32 Å². The van der Waals surface area contributed by atoms with Gasteiger partial charge in [-0.25, -0.2) is 4.79 Å². The zero-order valence-corrected chi connectivity index (χ0v) is 15.5. The minimum atomic E-state index is -3.58. The average Bonchev–Trinajstić information content (AvgIpc) is 2.96. The number of aromatic nitrogens is 1. The third kappa shape index (κ3) is 4.09. The number of piperazine rings is 1. The van der Waals surface area contributed by atoms with Gasteiger partial charge in [-0.1, -0.05) is 6.92 Å². The Kier molecular flexibility index (Phi) is 4.92. The SMILES string of the molecule is CC1C=C2OC(F)(F)OC2=CC1CN1CCN(C(=O)Nc2ccncc2)CC1. The molecule has 1 N–H and O–H groups in total. The lowest BCUT2D eigenvalue weighted by Gasteiger charge is -2.37. The molecule has 3 aliphatic rings. The molecule has 3 heterocycles. The van der Waals surface area contributed by atoms with E-state index in [4.69, 9.17) is 0 Å². The average molecular weight is 392 g/mol. The molecule has 2 amide bonds. The van der Waals surface area contributed by atoms with Gasteiger partial charge in [0.15, 0.2) is 11.5 Å². The van der Waals surface area contributed by atoms with Crippen LogP contribution in [0.3, 0.4) is 0 Å². The highest BCUT2D eigenvalue weighted by Crippen LogP contribution is 2.41. The van der Waals surface area contributed by atoms with Crippen LogP contribution in [-0.2, 0) is 9.47 Å².